The predicted molar refractivity (Wildman–Crippen MR) is 93.6 cm³/mol. The van der Waals surface area contributed by atoms with Crippen molar-refractivity contribution in [3.05, 3.63) is 0 Å². The van der Waals surface area contributed by atoms with Gasteiger partial charge in [0.05, 0.1) is 0 Å². The molecule has 0 saturated heterocycles. The average Bonchev–Trinajstić information content (AvgIpc) is 3.07. The summed E-state index contributed by atoms with van der Waals surface area (Å²) in [4.78, 5) is 0. The van der Waals surface area contributed by atoms with E-state index in [9.17, 15) is 0 Å². The van der Waals surface area contributed by atoms with Gasteiger partial charge in [-0.2, -0.15) is 0 Å². The third-order valence-corrected chi connectivity index (χ3v) is 6.13. The maximum Gasteiger partial charge on any atom is 0.0462 e. The second-order valence-electron chi connectivity index (χ2n) is 7.71. The molecule has 1 aliphatic rings. The number of rotatable bonds is 12. The highest BCUT2D eigenvalue weighted by Crippen LogP contribution is 2.69. The van der Waals surface area contributed by atoms with Crippen LogP contribution in [0.15, 0.2) is 0 Å². The molecular formula is C20H40O. The number of hydrogen-bond donors (Lipinski definition) is 0. The Labute approximate surface area is 134 Å². The molecule has 0 radical (unpaired) electrons. The Bertz CT molecular complexity index is 275. The zero-order valence-electron chi connectivity index (χ0n) is 15.6. The first-order valence-electron chi connectivity index (χ1n) is 9.56. The van der Waals surface area contributed by atoms with Crippen molar-refractivity contribution in [2.24, 2.45) is 29.1 Å². The molecule has 0 aromatic rings. The summed E-state index contributed by atoms with van der Waals surface area (Å²) in [6.07, 6.45) is 11.0. The molecular weight excluding hydrogens is 256 g/mol. The molecule has 5 atom stereocenters. The van der Waals surface area contributed by atoms with E-state index < -0.39 is 0 Å². The first-order chi connectivity index (χ1) is 10.1. The quantitative estimate of drug-likeness (QED) is 0.383. The minimum absolute atomic E-state index is 0.674. The van der Waals surface area contributed by atoms with Crippen LogP contribution >= 0.6 is 0 Å². The molecule has 0 amide bonds. The summed E-state index contributed by atoms with van der Waals surface area (Å²) in [6, 6.07) is 0. The fraction of sp³-hybridized carbons (Fsp3) is 1.00. The van der Waals surface area contributed by atoms with Crippen molar-refractivity contribution in [3.63, 3.8) is 0 Å². The van der Waals surface area contributed by atoms with E-state index in [0.29, 0.717) is 5.41 Å². The smallest absolute Gasteiger partial charge is 0.0462 e. The summed E-state index contributed by atoms with van der Waals surface area (Å²) in [5.74, 6) is 3.77. The van der Waals surface area contributed by atoms with Crippen LogP contribution in [0.25, 0.3) is 0 Å². The first kappa shape index (κ1) is 19.0. The van der Waals surface area contributed by atoms with Crippen LogP contribution in [0.2, 0.25) is 0 Å². The molecule has 1 saturated carbocycles. The van der Waals surface area contributed by atoms with E-state index in [2.05, 4.69) is 34.6 Å². The van der Waals surface area contributed by atoms with E-state index in [0.717, 1.165) is 30.3 Å². The van der Waals surface area contributed by atoms with Crippen LogP contribution in [0.1, 0.15) is 86.0 Å². The Morgan fingerprint density at radius 3 is 2.33 bits per heavy atom. The fourth-order valence-electron chi connectivity index (χ4n) is 5.37. The van der Waals surface area contributed by atoms with Crippen LogP contribution < -0.4 is 0 Å². The standard InChI is InChI=1S/C20H40O/c1-7-11-16(4)15-17(5)19-18(12-10-14-21-6)20(19,9-3)13-8-2/h16-19H,7-15H2,1-6H3. The van der Waals surface area contributed by atoms with Crippen LogP contribution in [0.5, 0.6) is 0 Å². The molecule has 0 aromatic heterocycles. The molecule has 1 nitrogen and oxygen atoms in total. The van der Waals surface area contributed by atoms with Gasteiger partial charge in [0.2, 0.25) is 0 Å². The summed E-state index contributed by atoms with van der Waals surface area (Å²) in [5.41, 5.74) is 0.674. The van der Waals surface area contributed by atoms with E-state index in [1.807, 2.05) is 7.11 Å². The molecule has 0 aromatic carbocycles. The average molecular weight is 297 g/mol. The molecule has 5 unspecified atom stereocenters. The molecule has 0 bridgehead atoms. The molecule has 0 N–H and O–H groups in total. The van der Waals surface area contributed by atoms with Crippen molar-refractivity contribution in [3.8, 4) is 0 Å². The third kappa shape index (κ3) is 4.71. The minimum Gasteiger partial charge on any atom is -0.385 e. The largest absolute Gasteiger partial charge is 0.385 e. The number of methoxy groups -OCH3 is 1. The Hall–Kier alpha value is -0.0400. The fourth-order valence-corrected chi connectivity index (χ4v) is 5.37. The summed E-state index contributed by atoms with van der Waals surface area (Å²) in [5, 5.41) is 0. The lowest BCUT2D eigenvalue weighted by molar-refractivity contribution is 0.188. The van der Waals surface area contributed by atoms with Crippen molar-refractivity contribution in [2.75, 3.05) is 13.7 Å². The Kier molecular flexibility index (Phi) is 8.31. The lowest BCUT2D eigenvalue weighted by Crippen LogP contribution is -2.11. The molecule has 21 heavy (non-hydrogen) atoms. The number of ether oxygens (including phenoxy) is 1. The van der Waals surface area contributed by atoms with Gasteiger partial charge >= 0.3 is 0 Å². The maximum absolute atomic E-state index is 5.27. The molecule has 1 aliphatic carbocycles. The molecule has 1 heteroatoms. The van der Waals surface area contributed by atoms with Crippen molar-refractivity contribution >= 4 is 0 Å². The van der Waals surface area contributed by atoms with Gasteiger partial charge in [-0.25, -0.2) is 0 Å². The Morgan fingerprint density at radius 1 is 1.10 bits per heavy atom. The number of hydrogen-bond acceptors (Lipinski definition) is 1. The van der Waals surface area contributed by atoms with Crippen molar-refractivity contribution < 1.29 is 4.74 Å². The Morgan fingerprint density at radius 2 is 1.81 bits per heavy atom. The molecule has 0 spiro atoms. The summed E-state index contributed by atoms with van der Waals surface area (Å²) >= 11 is 0. The van der Waals surface area contributed by atoms with Crippen LogP contribution in [0.3, 0.4) is 0 Å². The van der Waals surface area contributed by atoms with Gasteiger partial charge in [-0.15, -0.1) is 0 Å². The van der Waals surface area contributed by atoms with Crippen LogP contribution in [0.4, 0.5) is 0 Å². The lowest BCUT2D eigenvalue weighted by Gasteiger charge is -2.21. The normalized spacial score (nSPS) is 31.1. The van der Waals surface area contributed by atoms with E-state index in [4.69, 9.17) is 4.74 Å². The van der Waals surface area contributed by atoms with E-state index in [-0.39, 0.29) is 0 Å². The van der Waals surface area contributed by atoms with Gasteiger partial charge in [0.1, 0.15) is 0 Å². The van der Waals surface area contributed by atoms with Gasteiger partial charge in [0.25, 0.3) is 0 Å². The van der Waals surface area contributed by atoms with Gasteiger partial charge < -0.3 is 4.74 Å². The van der Waals surface area contributed by atoms with Gasteiger partial charge in [-0.05, 0) is 61.2 Å². The van der Waals surface area contributed by atoms with E-state index in [1.165, 1.54) is 51.4 Å². The van der Waals surface area contributed by atoms with Crippen LogP contribution in [0, 0.1) is 29.1 Å². The van der Waals surface area contributed by atoms with Gasteiger partial charge in [-0.3, -0.25) is 0 Å². The van der Waals surface area contributed by atoms with Gasteiger partial charge in [0, 0.05) is 13.7 Å². The first-order valence-corrected chi connectivity index (χ1v) is 9.56. The van der Waals surface area contributed by atoms with E-state index >= 15 is 0 Å². The zero-order chi connectivity index (χ0) is 15.9. The van der Waals surface area contributed by atoms with Gasteiger partial charge in [0.15, 0.2) is 0 Å². The Balaban J connectivity index is 2.62. The summed E-state index contributed by atoms with van der Waals surface area (Å²) in [7, 11) is 1.83. The highest BCUT2D eigenvalue weighted by atomic mass is 16.5. The van der Waals surface area contributed by atoms with Crippen LogP contribution in [-0.2, 0) is 4.74 Å². The van der Waals surface area contributed by atoms with Crippen molar-refractivity contribution in [1.82, 2.24) is 0 Å². The van der Waals surface area contributed by atoms with E-state index in [1.54, 1.807) is 0 Å². The third-order valence-electron chi connectivity index (χ3n) is 6.13. The van der Waals surface area contributed by atoms with Crippen molar-refractivity contribution in [1.29, 1.82) is 0 Å². The molecule has 0 heterocycles. The van der Waals surface area contributed by atoms with Crippen LogP contribution in [-0.4, -0.2) is 13.7 Å². The molecule has 126 valence electrons. The topological polar surface area (TPSA) is 9.23 Å². The summed E-state index contributed by atoms with van der Waals surface area (Å²) < 4.78 is 5.27. The zero-order valence-corrected chi connectivity index (χ0v) is 15.6. The van der Waals surface area contributed by atoms with Gasteiger partial charge in [-0.1, -0.05) is 53.9 Å². The maximum atomic E-state index is 5.27. The monoisotopic (exact) mass is 296 g/mol. The highest BCUT2D eigenvalue weighted by Gasteiger charge is 2.62. The minimum atomic E-state index is 0.674. The van der Waals surface area contributed by atoms with Crippen molar-refractivity contribution in [2.45, 2.75) is 86.0 Å². The molecule has 1 rings (SSSR count). The second-order valence-corrected chi connectivity index (χ2v) is 7.71. The summed E-state index contributed by atoms with van der Waals surface area (Å²) in [6.45, 7) is 13.0. The molecule has 1 fully saturated rings. The highest BCUT2D eigenvalue weighted by molar-refractivity contribution is 5.10. The molecule has 0 aliphatic heterocycles. The predicted octanol–water partition coefficient (Wildman–Crippen LogP) is 6.32. The lowest BCUT2D eigenvalue weighted by atomic mass is 9.84. The SMILES string of the molecule is CCCC(C)CC(C)C1C(CCCOC)C1(CC)CCC. The second kappa shape index (κ2) is 9.18.